The van der Waals surface area contributed by atoms with Crippen LogP contribution in [0.25, 0.3) is 0 Å². The summed E-state index contributed by atoms with van der Waals surface area (Å²) in [6, 6.07) is 7.72. The van der Waals surface area contributed by atoms with Gasteiger partial charge in [-0.15, -0.1) is 0 Å². The van der Waals surface area contributed by atoms with Crippen LogP contribution in [0, 0.1) is 5.92 Å². The minimum Gasteiger partial charge on any atom is -0.497 e. The lowest BCUT2D eigenvalue weighted by atomic mass is 9.84. The molecule has 0 heterocycles. The van der Waals surface area contributed by atoms with Crippen LogP contribution in [0.3, 0.4) is 0 Å². The summed E-state index contributed by atoms with van der Waals surface area (Å²) in [5.41, 5.74) is 5.85. The number of methoxy groups -OCH3 is 1. The molecule has 1 rings (SSSR count). The molecule has 1 aromatic carbocycles. The van der Waals surface area contributed by atoms with Crippen LogP contribution in [0.2, 0.25) is 0 Å². The highest BCUT2D eigenvalue weighted by atomic mass is 16.5. The van der Waals surface area contributed by atoms with E-state index in [0.717, 1.165) is 11.3 Å². The Labute approximate surface area is 97.2 Å². The molecule has 0 saturated carbocycles. The van der Waals surface area contributed by atoms with E-state index in [4.69, 9.17) is 10.5 Å². The van der Waals surface area contributed by atoms with Crippen LogP contribution in [0.4, 0.5) is 0 Å². The Morgan fingerprint density at radius 3 is 2.62 bits per heavy atom. The zero-order chi connectivity index (χ0) is 12.2. The highest BCUT2D eigenvalue weighted by Gasteiger charge is 2.29. The maximum absolute atomic E-state index is 10.3. The van der Waals surface area contributed by atoms with Crippen LogP contribution in [0.15, 0.2) is 24.3 Å². The van der Waals surface area contributed by atoms with E-state index in [1.54, 1.807) is 7.11 Å². The van der Waals surface area contributed by atoms with E-state index in [9.17, 15) is 5.11 Å². The molecule has 0 bridgehead atoms. The van der Waals surface area contributed by atoms with Gasteiger partial charge in [-0.2, -0.15) is 0 Å². The van der Waals surface area contributed by atoms with Gasteiger partial charge < -0.3 is 15.6 Å². The molecule has 0 aliphatic rings. The van der Waals surface area contributed by atoms with Crippen LogP contribution < -0.4 is 10.5 Å². The van der Waals surface area contributed by atoms with Crippen molar-refractivity contribution in [1.82, 2.24) is 0 Å². The largest absolute Gasteiger partial charge is 0.497 e. The maximum atomic E-state index is 10.3. The summed E-state index contributed by atoms with van der Waals surface area (Å²) in [4.78, 5) is 0. The number of hydrogen-bond donors (Lipinski definition) is 2. The summed E-state index contributed by atoms with van der Waals surface area (Å²) in [7, 11) is 1.64. The van der Waals surface area contributed by atoms with Crippen molar-refractivity contribution in [1.29, 1.82) is 0 Å². The zero-order valence-electron chi connectivity index (χ0n) is 10.2. The Morgan fingerprint density at radius 2 is 2.12 bits per heavy atom. The molecule has 0 aromatic heterocycles. The standard InChI is InChI=1S/C13H21NO2/c1-10(2)13(15,9-14)8-11-5-4-6-12(7-11)16-3/h4-7,10,15H,8-9,14H2,1-3H3. The molecule has 1 unspecified atom stereocenters. The number of nitrogens with two attached hydrogens (primary N) is 1. The van der Waals surface area contributed by atoms with Crippen LogP contribution in [-0.2, 0) is 6.42 Å². The fourth-order valence-electron chi connectivity index (χ4n) is 1.65. The van der Waals surface area contributed by atoms with Gasteiger partial charge in [0.2, 0.25) is 0 Å². The van der Waals surface area contributed by atoms with E-state index in [-0.39, 0.29) is 12.5 Å². The summed E-state index contributed by atoms with van der Waals surface area (Å²) >= 11 is 0. The molecule has 1 atom stereocenters. The molecule has 0 aliphatic carbocycles. The fourth-order valence-corrected chi connectivity index (χ4v) is 1.65. The molecule has 0 radical (unpaired) electrons. The number of ether oxygens (including phenoxy) is 1. The summed E-state index contributed by atoms with van der Waals surface area (Å²) in [6.07, 6.45) is 0.554. The molecule has 0 fully saturated rings. The Kier molecular flexibility index (Phi) is 4.33. The molecular formula is C13H21NO2. The van der Waals surface area contributed by atoms with E-state index in [1.165, 1.54) is 0 Å². The maximum Gasteiger partial charge on any atom is 0.119 e. The van der Waals surface area contributed by atoms with Crippen LogP contribution in [-0.4, -0.2) is 24.4 Å². The molecule has 3 N–H and O–H groups in total. The highest BCUT2D eigenvalue weighted by Crippen LogP contribution is 2.23. The van der Waals surface area contributed by atoms with E-state index >= 15 is 0 Å². The van der Waals surface area contributed by atoms with Gasteiger partial charge in [-0.05, 0) is 23.6 Å². The smallest absolute Gasteiger partial charge is 0.119 e. The predicted octanol–water partition coefficient (Wildman–Crippen LogP) is 1.58. The predicted molar refractivity (Wildman–Crippen MR) is 65.5 cm³/mol. The second-order valence-corrected chi connectivity index (χ2v) is 4.49. The first-order valence-corrected chi connectivity index (χ1v) is 5.57. The number of benzene rings is 1. The van der Waals surface area contributed by atoms with Gasteiger partial charge in [0.15, 0.2) is 0 Å². The minimum absolute atomic E-state index is 0.128. The number of hydrogen-bond acceptors (Lipinski definition) is 3. The Hall–Kier alpha value is -1.06. The first kappa shape index (κ1) is 13.0. The average molecular weight is 223 g/mol. The number of rotatable bonds is 5. The monoisotopic (exact) mass is 223 g/mol. The van der Waals surface area contributed by atoms with Crippen molar-refractivity contribution in [2.45, 2.75) is 25.9 Å². The fraction of sp³-hybridized carbons (Fsp3) is 0.538. The molecule has 0 saturated heterocycles. The van der Waals surface area contributed by atoms with E-state index in [0.29, 0.717) is 6.42 Å². The number of aliphatic hydroxyl groups is 1. The summed E-state index contributed by atoms with van der Waals surface area (Å²) in [6.45, 7) is 4.22. The van der Waals surface area contributed by atoms with E-state index in [2.05, 4.69) is 0 Å². The lowest BCUT2D eigenvalue weighted by molar-refractivity contribution is 0.00405. The van der Waals surface area contributed by atoms with Gasteiger partial charge in [0.1, 0.15) is 5.75 Å². The molecule has 0 spiro atoms. The van der Waals surface area contributed by atoms with Gasteiger partial charge in [0.05, 0.1) is 12.7 Å². The SMILES string of the molecule is COc1cccc(CC(O)(CN)C(C)C)c1. The van der Waals surface area contributed by atoms with E-state index < -0.39 is 5.60 Å². The Balaban J connectivity index is 2.85. The molecular weight excluding hydrogens is 202 g/mol. The van der Waals surface area contributed by atoms with Crippen molar-refractivity contribution in [3.05, 3.63) is 29.8 Å². The molecule has 3 heteroatoms. The van der Waals surface area contributed by atoms with E-state index in [1.807, 2.05) is 38.1 Å². The molecule has 16 heavy (non-hydrogen) atoms. The summed E-state index contributed by atoms with van der Waals surface area (Å²) < 4.78 is 5.15. The molecule has 3 nitrogen and oxygen atoms in total. The van der Waals surface area contributed by atoms with Crippen molar-refractivity contribution in [3.8, 4) is 5.75 Å². The average Bonchev–Trinajstić information content (AvgIpc) is 2.29. The van der Waals surface area contributed by atoms with Crippen molar-refractivity contribution in [2.75, 3.05) is 13.7 Å². The third-order valence-corrected chi connectivity index (χ3v) is 3.07. The van der Waals surface area contributed by atoms with Gasteiger partial charge in [-0.25, -0.2) is 0 Å². The topological polar surface area (TPSA) is 55.5 Å². The first-order chi connectivity index (χ1) is 7.51. The van der Waals surface area contributed by atoms with Crippen LogP contribution in [0.5, 0.6) is 5.75 Å². The Bertz CT molecular complexity index is 338. The lowest BCUT2D eigenvalue weighted by Crippen LogP contribution is -2.44. The second-order valence-electron chi connectivity index (χ2n) is 4.49. The third-order valence-electron chi connectivity index (χ3n) is 3.07. The normalized spacial score (nSPS) is 14.9. The molecule has 1 aromatic rings. The molecule has 0 aliphatic heterocycles. The third kappa shape index (κ3) is 2.97. The van der Waals surface area contributed by atoms with Crippen molar-refractivity contribution in [2.24, 2.45) is 11.7 Å². The quantitative estimate of drug-likeness (QED) is 0.797. The lowest BCUT2D eigenvalue weighted by Gasteiger charge is -2.31. The zero-order valence-corrected chi connectivity index (χ0v) is 10.2. The van der Waals surface area contributed by atoms with Gasteiger partial charge >= 0.3 is 0 Å². The molecule has 0 amide bonds. The second kappa shape index (κ2) is 5.32. The Morgan fingerprint density at radius 1 is 1.44 bits per heavy atom. The summed E-state index contributed by atoms with van der Waals surface area (Å²) in [5, 5.41) is 10.3. The highest BCUT2D eigenvalue weighted by molar-refractivity contribution is 5.29. The van der Waals surface area contributed by atoms with Gasteiger partial charge in [-0.1, -0.05) is 26.0 Å². The molecule has 90 valence electrons. The van der Waals surface area contributed by atoms with Crippen molar-refractivity contribution >= 4 is 0 Å². The van der Waals surface area contributed by atoms with Crippen molar-refractivity contribution in [3.63, 3.8) is 0 Å². The first-order valence-electron chi connectivity index (χ1n) is 5.57. The van der Waals surface area contributed by atoms with Gasteiger partial charge in [0.25, 0.3) is 0 Å². The van der Waals surface area contributed by atoms with Gasteiger partial charge in [-0.3, -0.25) is 0 Å². The summed E-state index contributed by atoms with van der Waals surface area (Å²) in [5.74, 6) is 0.935. The van der Waals surface area contributed by atoms with Crippen LogP contribution >= 0.6 is 0 Å². The van der Waals surface area contributed by atoms with Crippen molar-refractivity contribution < 1.29 is 9.84 Å². The van der Waals surface area contributed by atoms with Gasteiger partial charge in [0, 0.05) is 13.0 Å². The minimum atomic E-state index is -0.841. The van der Waals surface area contributed by atoms with Crippen LogP contribution in [0.1, 0.15) is 19.4 Å².